The van der Waals surface area contributed by atoms with Gasteiger partial charge in [0.2, 0.25) is 16.8 Å². The van der Waals surface area contributed by atoms with Crippen molar-refractivity contribution in [2.24, 2.45) is 5.10 Å². The summed E-state index contributed by atoms with van der Waals surface area (Å²) in [4.78, 5) is 10.8. The first-order chi connectivity index (χ1) is 14.2. The van der Waals surface area contributed by atoms with Crippen molar-refractivity contribution in [2.45, 2.75) is 4.90 Å². The lowest BCUT2D eigenvalue weighted by molar-refractivity contribution is -0.385. The number of fused-ring (bicyclic) bond motifs is 1. The normalized spacial score (nSPS) is 12.9. The summed E-state index contributed by atoms with van der Waals surface area (Å²) in [6, 6.07) is 8.80. The summed E-state index contributed by atoms with van der Waals surface area (Å²) in [5.41, 5.74) is 2.95. The van der Waals surface area contributed by atoms with Crippen LogP contribution in [0.15, 0.2) is 46.4 Å². The van der Waals surface area contributed by atoms with Crippen molar-refractivity contribution in [1.82, 2.24) is 9.73 Å². The molecule has 0 aromatic heterocycles. The number of ether oxygens (including phenoxy) is 2. The molecule has 2 N–H and O–H groups in total. The van der Waals surface area contributed by atoms with E-state index in [1.165, 1.54) is 44.6 Å². The van der Waals surface area contributed by atoms with Crippen molar-refractivity contribution in [1.29, 1.82) is 0 Å². The molecule has 2 aromatic rings. The quantitative estimate of drug-likeness (QED) is 0.292. The Balaban J connectivity index is 1.70. The first kappa shape index (κ1) is 21.4. The van der Waals surface area contributed by atoms with Gasteiger partial charge in [0.1, 0.15) is 0 Å². The van der Waals surface area contributed by atoms with E-state index in [0.29, 0.717) is 11.4 Å². The van der Waals surface area contributed by atoms with Gasteiger partial charge < -0.3 is 14.8 Å². The highest BCUT2D eigenvalue weighted by molar-refractivity contribution is 7.89. The van der Waals surface area contributed by atoms with E-state index >= 15 is 0 Å². The number of nitrogens with one attached hydrogen (secondary N) is 2. The van der Waals surface area contributed by atoms with E-state index in [9.17, 15) is 18.5 Å². The minimum atomic E-state index is -3.59. The number of benzene rings is 2. The molecule has 0 fully saturated rings. The Labute approximate surface area is 177 Å². The Kier molecular flexibility index (Phi) is 6.14. The molecular formula is C17H17N5O6S2. The first-order valence-electron chi connectivity index (χ1n) is 8.39. The lowest BCUT2D eigenvalue weighted by Crippen LogP contribution is -2.25. The minimum absolute atomic E-state index is 0.0120. The number of nitrogens with zero attached hydrogens (tertiary/aromatic N) is 3. The van der Waals surface area contributed by atoms with Gasteiger partial charge in [-0.05, 0) is 36.5 Å². The average Bonchev–Trinajstić information content (AvgIpc) is 3.14. The van der Waals surface area contributed by atoms with E-state index in [1.807, 2.05) is 0 Å². The fourth-order valence-corrected chi connectivity index (χ4v) is 3.59. The number of nitro benzene ring substituents is 1. The molecule has 1 aliphatic rings. The summed E-state index contributed by atoms with van der Waals surface area (Å²) in [6.45, 7) is -0.0120. The maximum atomic E-state index is 12.2. The Hall–Kier alpha value is -3.29. The molecule has 13 heteroatoms. The topological polar surface area (TPSA) is 135 Å². The van der Waals surface area contributed by atoms with Crippen LogP contribution in [0.2, 0.25) is 0 Å². The lowest BCUT2D eigenvalue weighted by Gasteiger charge is -2.13. The summed E-state index contributed by atoms with van der Waals surface area (Å²) in [6.07, 6.45) is 1.22. The molecule has 0 bridgehead atoms. The molecule has 30 heavy (non-hydrogen) atoms. The summed E-state index contributed by atoms with van der Waals surface area (Å²) in [5.74, 6) is 0.665. The van der Waals surface area contributed by atoms with E-state index < -0.39 is 14.9 Å². The van der Waals surface area contributed by atoms with Crippen molar-refractivity contribution in [2.75, 3.05) is 26.2 Å². The number of anilines is 1. The number of rotatable bonds is 6. The zero-order chi connectivity index (χ0) is 21.9. The van der Waals surface area contributed by atoms with Crippen LogP contribution in [-0.4, -0.2) is 49.9 Å². The zero-order valence-corrected chi connectivity index (χ0v) is 17.5. The number of nitro groups is 1. The van der Waals surface area contributed by atoms with Gasteiger partial charge in [0.05, 0.1) is 27.7 Å². The van der Waals surface area contributed by atoms with Crippen molar-refractivity contribution in [3.8, 4) is 11.5 Å². The van der Waals surface area contributed by atoms with Crippen LogP contribution >= 0.6 is 12.2 Å². The number of hydrogen-bond donors (Lipinski definition) is 2. The Morgan fingerprint density at radius 3 is 2.63 bits per heavy atom. The smallest absolute Gasteiger partial charge is 0.282 e. The number of hydrogen-bond acceptors (Lipinski definition) is 8. The van der Waals surface area contributed by atoms with Gasteiger partial charge in [-0.1, -0.05) is 6.07 Å². The van der Waals surface area contributed by atoms with E-state index in [-0.39, 0.29) is 33.8 Å². The summed E-state index contributed by atoms with van der Waals surface area (Å²) in [5, 5.41) is 18.0. The molecule has 0 saturated heterocycles. The Bertz CT molecular complexity index is 1130. The van der Waals surface area contributed by atoms with Gasteiger partial charge in [-0.15, -0.1) is 0 Å². The maximum absolute atomic E-state index is 12.2. The molecule has 0 atom stereocenters. The highest BCUT2D eigenvalue weighted by Gasteiger charge is 2.22. The summed E-state index contributed by atoms with van der Waals surface area (Å²) >= 11 is 5.13. The number of thiocarbonyl (C=S) groups is 1. The van der Waals surface area contributed by atoms with Crippen LogP contribution in [0.3, 0.4) is 0 Å². The standard InChI is InChI=1S/C17H17N5O6S2/c1-21(2)30(25,26)13-5-3-4-12(7-13)19-17(29)20-18-9-11-6-15-16(28-10-27-15)8-14(11)22(23)24/h3-9H,10H2,1-2H3,(H2,19,20,29)/b18-9+. The molecule has 158 valence electrons. The highest BCUT2D eigenvalue weighted by Crippen LogP contribution is 2.37. The van der Waals surface area contributed by atoms with Gasteiger partial charge in [0.15, 0.2) is 16.6 Å². The zero-order valence-electron chi connectivity index (χ0n) is 15.9. The van der Waals surface area contributed by atoms with Gasteiger partial charge in [0.25, 0.3) is 5.69 Å². The second-order valence-electron chi connectivity index (χ2n) is 6.16. The van der Waals surface area contributed by atoms with Gasteiger partial charge in [-0.2, -0.15) is 5.10 Å². The molecule has 1 heterocycles. The van der Waals surface area contributed by atoms with Gasteiger partial charge in [0, 0.05) is 19.8 Å². The molecular weight excluding hydrogens is 434 g/mol. The van der Waals surface area contributed by atoms with Crippen LogP contribution in [-0.2, 0) is 10.0 Å². The minimum Gasteiger partial charge on any atom is -0.454 e. The van der Waals surface area contributed by atoms with E-state index in [4.69, 9.17) is 21.7 Å². The van der Waals surface area contributed by atoms with Gasteiger partial charge >= 0.3 is 0 Å². The SMILES string of the molecule is CN(C)S(=O)(=O)c1cccc(NC(=S)N/N=C/c2cc3c(cc2[N+](=O)[O-])OCO3)c1. The predicted octanol–water partition coefficient (Wildman–Crippen LogP) is 1.89. The van der Waals surface area contributed by atoms with Gasteiger partial charge in [-0.25, -0.2) is 12.7 Å². The second-order valence-corrected chi connectivity index (χ2v) is 8.72. The van der Waals surface area contributed by atoms with E-state index in [1.54, 1.807) is 12.1 Å². The van der Waals surface area contributed by atoms with E-state index in [2.05, 4.69) is 15.8 Å². The highest BCUT2D eigenvalue weighted by atomic mass is 32.2. The van der Waals surface area contributed by atoms with Crippen molar-refractivity contribution in [3.05, 3.63) is 52.1 Å². The van der Waals surface area contributed by atoms with Crippen LogP contribution in [0, 0.1) is 10.1 Å². The molecule has 0 radical (unpaired) electrons. The van der Waals surface area contributed by atoms with Gasteiger partial charge in [-0.3, -0.25) is 15.5 Å². The van der Waals surface area contributed by atoms with Crippen molar-refractivity contribution < 1.29 is 22.8 Å². The third-order valence-electron chi connectivity index (χ3n) is 3.96. The van der Waals surface area contributed by atoms with Crippen LogP contribution in [0.4, 0.5) is 11.4 Å². The maximum Gasteiger partial charge on any atom is 0.282 e. The molecule has 2 aromatic carbocycles. The third-order valence-corrected chi connectivity index (χ3v) is 5.96. The molecule has 0 aliphatic carbocycles. The van der Waals surface area contributed by atoms with E-state index in [0.717, 1.165) is 4.31 Å². The second kappa shape index (κ2) is 8.61. The molecule has 0 saturated carbocycles. The van der Waals surface area contributed by atoms with Crippen molar-refractivity contribution in [3.63, 3.8) is 0 Å². The molecule has 3 rings (SSSR count). The van der Waals surface area contributed by atoms with Crippen LogP contribution in [0.5, 0.6) is 11.5 Å². The molecule has 0 unspecified atom stereocenters. The summed E-state index contributed by atoms with van der Waals surface area (Å²) < 4.78 is 35.9. The lowest BCUT2D eigenvalue weighted by atomic mass is 10.1. The first-order valence-corrected chi connectivity index (χ1v) is 10.2. The van der Waals surface area contributed by atoms with Crippen LogP contribution in [0.1, 0.15) is 5.56 Å². The van der Waals surface area contributed by atoms with Crippen molar-refractivity contribution >= 4 is 44.9 Å². The third kappa shape index (κ3) is 4.64. The predicted molar refractivity (Wildman–Crippen MR) is 113 cm³/mol. The van der Waals surface area contributed by atoms with Crippen LogP contribution < -0.4 is 20.2 Å². The largest absolute Gasteiger partial charge is 0.454 e. The number of hydrazone groups is 1. The Morgan fingerprint density at radius 2 is 1.97 bits per heavy atom. The fraction of sp³-hybridized carbons (Fsp3) is 0.176. The van der Waals surface area contributed by atoms with Crippen LogP contribution in [0.25, 0.3) is 0 Å². The Morgan fingerprint density at radius 1 is 1.27 bits per heavy atom. The molecule has 11 nitrogen and oxygen atoms in total. The average molecular weight is 451 g/mol. The molecule has 0 amide bonds. The molecule has 1 aliphatic heterocycles. The number of sulfonamides is 1. The summed E-state index contributed by atoms with van der Waals surface area (Å²) in [7, 11) is -0.720. The molecule has 0 spiro atoms. The fourth-order valence-electron chi connectivity index (χ4n) is 2.47. The monoisotopic (exact) mass is 451 g/mol.